The highest BCUT2D eigenvalue weighted by atomic mass is 32.1. The third-order valence-electron chi connectivity index (χ3n) is 2.34. The lowest BCUT2D eigenvalue weighted by atomic mass is 10.1. The zero-order valence-electron chi connectivity index (χ0n) is 8.78. The number of aliphatic carboxylic acids is 1. The molecular weight excluding hydrogens is 198 g/mol. The van der Waals surface area contributed by atoms with Crippen LogP contribution in [0.1, 0.15) is 45.4 Å². The van der Waals surface area contributed by atoms with Gasteiger partial charge in [0, 0.05) is 5.25 Å². The van der Waals surface area contributed by atoms with Gasteiger partial charge in [-0.15, -0.1) is 0 Å². The molecule has 0 saturated carbocycles. The Balaban J connectivity index is 3.25. The molecule has 0 aromatic heterocycles. The summed E-state index contributed by atoms with van der Waals surface area (Å²) in [6.45, 7) is 2.12. The van der Waals surface area contributed by atoms with E-state index in [9.17, 15) is 4.79 Å². The van der Waals surface area contributed by atoms with E-state index in [2.05, 4.69) is 19.6 Å². The van der Waals surface area contributed by atoms with Crippen molar-refractivity contribution in [3.8, 4) is 0 Å². The Morgan fingerprint density at radius 3 is 2.43 bits per heavy atom. The second-order valence-electron chi connectivity index (χ2n) is 3.64. The molecule has 0 aliphatic heterocycles. The lowest BCUT2D eigenvalue weighted by Gasteiger charge is -2.08. The van der Waals surface area contributed by atoms with Crippen molar-refractivity contribution in [1.29, 1.82) is 0 Å². The van der Waals surface area contributed by atoms with Gasteiger partial charge in [-0.3, -0.25) is 4.79 Å². The van der Waals surface area contributed by atoms with Gasteiger partial charge in [0.15, 0.2) is 0 Å². The Morgan fingerprint density at radius 2 is 1.93 bits per heavy atom. The van der Waals surface area contributed by atoms with E-state index in [-0.39, 0.29) is 0 Å². The molecule has 3 N–H and O–H groups in total. The highest BCUT2D eigenvalue weighted by Crippen LogP contribution is 2.12. The van der Waals surface area contributed by atoms with Gasteiger partial charge in [-0.25, -0.2) is 0 Å². The van der Waals surface area contributed by atoms with Gasteiger partial charge in [0.25, 0.3) is 0 Å². The molecule has 0 radical (unpaired) electrons. The van der Waals surface area contributed by atoms with Crippen LogP contribution in [0.5, 0.6) is 0 Å². The minimum atomic E-state index is -0.898. The summed E-state index contributed by atoms with van der Waals surface area (Å²) in [4.78, 5) is 10.4. The number of nitrogens with two attached hydrogens (primary N) is 1. The zero-order chi connectivity index (χ0) is 11.0. The first-order chi connectivity index (χ1) is 6.57. The van der Waals surface area contributed by atoms with E-state index in [4.69, 9.17) is 10.8 Å². The van der Waals surface area contributed by atoms with Crippen LogP contribution < -0.4 is 5.73 Å². The number of unbranched alkanes of at least 4 members (excludes halogenated alkanes) is 2. The molecule has 0 fully saturated rings. The largest absolute Gasteiger partial charge is 0.480 e. The number of carboxylic acid groups (broad SMARTS) is 1. The number of thiol groups is 1. The van der Waals surface area contributed by atoms with Gasteiger partial charge in [-0.05, 0) is 19.3 Å². The molecular formula is C10H21NO2S. The maximum atomic E-state index is 10.4. The van der Waals surface area contributed by atoms with Crippen LogP contribution in [0.2, 0.25) is 0 Å². The van der Waals surface area contributed by atoms with E-state index in [1.54, 1.807) is 0 Å². The van der Waals surface area contributed by atoms with Crippen LogP contribution in [0.25, 0.3) is 0 Å². The maximum Gasteiger partial charge on any atom is 0.320 e. The number of carbonyl (C=O) groups is 1. The van der Waals surface area contributed by atoms with Crippen molar-refractivity contribution in [2.75, 3.05) is 0 Å². The van der Waals surface area contributed by atoms with Gasteiger partial charge in [0.1, 0.15) is 6.04 Å². The Kier molecular flexibility index (Phi) is 7.99. The van der Waals surface area contributed by atoms with Gasteiger partial charge < -0.3 is 10.8 Å². The van der Waals surface area contributed by atoms with Crippen LogP contribution in [0.3, 0.4) is 0 Å². The second-order valence-corrected chi connectivity index (χ2v) is 4.38. The molecule has 84 valence electrons. The smallest absolute Gasteiger partial charge is 0.320 e. The van der Waals surface area contributed by atoms with Crippen molar-refractivity contribution in [3.63, 3.8) is 0 Å². The lowest BCUT2D eigenvalue weighted by Crippen LogP contribution is -2.29. The van der Waals surface area contributed by atoms with E-state index in [1.165, 1.54) is 0 Å². The third-order valence-corrected chi connectivity index (χ3v) is 2.96. The molecule has 0 rings (SSSR count). The number of hydrogen-bond acceptors (Lipinski definition) is 3. The van der Waals surface area contributed by atoms with Crippen molar-refractivity contribution in [2.45, 2.75) is 56.7 Å². The van der Waals surface area contributed by atoms with E-state index in [0.717, 1.165) is 32.1 Å². The highest BCUT2D eigenvalue weighted by Gasteiger charge is 2.10. The summed E-state index contributed by atoms with van der Waals surface area (Å²) in [5, 5.41) is 9.02. The molecule has 0 aromatic rings. The van der Waals surface area contributed by atoms with Crippen LogP contribution in [0.15, 0.2) is 0 Å². The summed E-state index contributed by atoms with van der Waals surface area (Å²) < 4.78 is 0. The Labute approximate surface area is 91.5 Å². The highest BCUT2D eigenvalue weighted by molar-refractivity contribution is 7.80. The molecule has 0 heterocycles. The predicted molar refractivity (Wildman–Crippen MR) is 61.8 cm³/mol. The fraction of sp³-hybridized carbons (Fsp3) is 0.900. The summed E-state index contributed by atoms with van der Waals surface area (Å²) in [6.07, 6.45) is 5.86. The molecule has 3 nitrogen and oxygen atoms in total. The summed E-state index contributed by atoms with van der Waals surface area (Å²) in [5.41, 5.74) is 5.37. The molecule has 2 atom stereocenters. The van der Waals surface area contributed by atoms with Crippen LogP contribution >= 0.6 is 12.6 Å². The summed E-state index contributed by atoms with van der Waals surface area (Å²) in [6, 6.07) is -0.687. The molecule has 14 heavy (non-hydrogen) atoms. The molecule has 0 bridgehead atoms. The van der Waals surface area contributed by atoms with E-state index < -0.39 is 12.0 Å². The molecule has 0 aliphatic rings. The van der Waals surface area contributed by atoms with E-state index in [1.807, 2.05) is 0 Å². The fourth-order valence-corrected chi connectivity index (χ4v) is 1.43. The summed E-state index contributed by atoms with van der Waals surface area (Å²) in [7, 11) is 0. The lowest BCUT2D eigenvalue weighted by molar-refractivity contribution is -0.138. The SMILES string of the molecule is CCC(S)CCCCCC(N)C(=O)O. The second kappa shape index (κ2) is 8.12. The summed E-state index contributed by atoms with van der Waals surface area (Å²) in [5.74, 6) is -0.898. The molecule has 4 heteroatoms. The third kappa shape index (κ3) is 7.21. The molecule has 0 aromatic carbocycles. The average Bonchev–Trinajstić information content (AvgIpc) is 2.16. The normalized spacial score (nSPS) is 15.1. The average molecular weight is 219 g/mol. The van der Waals surface area contributed by atoms with Gasteiger partial charge in [-0.1, -0.05) is 26.2 Å². The molecule has 0 saturated heterocycles. The summed E-state index contributed by atoms with van der Waals surface area (Å²) >= 11 is 4.39. The first-order valence-corrected chi connectivity index (χ1v) is 5.76. The Morgan fingerprint density at radius 1 is 1.36 bits per heavy atom. The van der Waals surface area contributed by atoms with Crippen LogP contribution in [-0.2, 0) is 4.79 Å². The van der Waals surface area contributed by atoms with Gasteiger partial charge in [-0.2, -0.15) is 12.6 Å². The van der Waals surface area contributed by atoms with Crippen molar-refractivity contribution in [2.24, 2.45) is 5.73 Å². The van der Waals surface area contributed by atoms with Gasteiger partial charge >= 0.3 is 5.97 Å². The molecule has 0 spiro atoms. The zero-order valence-corrected chi connectivity index (χ0v) is 9.67. The quantitative estimate of drug-likeness (QED) is 0.432. The molecule has 2 unspecified atom stereocenters. The Hall–Kier alpha value is -0.220. The van der Waals surface area contributed by atoms with Crippen LogP contribution in [0.4, 0.5) is 0 Å². The van der Waals surface area contributed by atoms with Gasteiger partial charge in [0.05, 0.1) is 0 Å². The topological polar surface area (TPSA) is 63.3 Å². The van der Waals surface area contributed by atoms with Crippen LogP contribution in [0, 0.1) is 0 Å². The van der Waals surface area contributed by atoms with E-state index in [0.29, 0.717) is 11.7 Å². The van der Waals surface area contributed by atoms with Crippen molar-refractivity contribution in [3.05, 3.63) is 0 Å². The van der Waals surface area contributed by atoms with E-state index >= 15 is 0 Å². The van der Waals surface area contributed by atoms with Crippen molar-refractivity contribution in [1.82, 2.24) is 0 Å². The Bertz CT molecular complexity index is 164. The number of hydrogen-bond donors (Lipinski definition) is 3. The fourth-order valence-electron chi connectivity index (χ4n) is 1.25. The standard InChI is InChI=1S/C10H21NO2S/c1-2-8(14)6-4-3-5-7-9(11)10(12)13/h8-9,14H,2-7,11H2,1H3,(H,12,13). The minimum absolute atomic E-state index is 0.489. The number of carboxylic acids is 1. The minimum Gasteiger partial charge on any atom is -0.480 e. The van der Waals surface area contributed by atoms with Crippen molar-refractivity contribution >= 4 is 18.6 Å². The first-order valence-electron chi connectivity index (χ1n) is 5.24. The van der Waals surface area contributed by atoms with Gasteiger partial charge in [0.2, 0.25) is 0 Å². The predicted octanol–water partition coefficient (Wildman–Crippen LogP) is 2.06. The monoisotopic (exact) mass is 219 g/mol. The van der Waals surface area contributed by atoms with Crippen LogP contribution in [-0.4, -0.2) is 22.4 Å². The maximum absolute atomic E-state index is 10.4. The van der Waals surface area contributed by atoms with Crippen molar-refractivity contribution < 1.29 is 9.90 Å². The molecule has 0 aliphatic carbocycles. The number of rotatable bonds is 8. The first kappa shape index (κ1) is 13.8. The molecule has 0 amide bonds.